The lowest BCUT2D eigenvalue weighted by atomic mass is 10.2. The highest BCUT2D eigenvalue weighted by Crippen LogP contribution is 2.29. The van der Waals surface area contributed by atoms with Crippen LogP contribution >= 0.6 is 23.1 Å². The van der Waals surface area contributed by atoms with Gasteiger partial charge in [-0.1, -0.05) is 36.0 Å². The number of para-hydroxylation sites is 1. The summed E-state index contributed by atoms with van der Waals surface area (Å²) in [6.45, 7) is 0. The molecule has 1 aromatic heterocycles. The third-order valence-electron chi connectivity index (χ3n) is 3.21. The molecule has 0 fully saturated rings. The van der Waals surface area contributed by atoms with Gasteiger partial charge in [0.25, 0.3) is 0 Å². The van der Waals surface area contributed by atoms with Gasteiger partial charge in [0.05, 0.1) is 21.7 Å². The molecule has 0 aliphatic heterocycles. The molecule has 2 aromatic carbocycles. The lowest BCUT2D eigenvalue weighted by molar-refractivity contribution is -0.113. The van der Waals surface area contributed by atoms with E-state index < -0.39 is 10.0 Å². The van der Waals surface area contributed by atoms with Gasteiger partial charge in [-0.15, -0.1) is 11.3 Å². The third kappa shape index (κ3) is 5.27. The van der Waals surface area contributed by atoms with E-state index in [0.717, 1.165) is 14.6 Å². The number of nitrogens with one attached hydrogen (secondary N) is 1. The molecule has 6 nitrogen and oxygen atoms in total. The number of benzene rings is 2. The Balaban J connectivity index is 1.55. The molecule has 0 bridgehead atoms. The average molecular weight is 394 g/mol. The molecule has 0 unspecified atom stereocenters. The molecule has 3 rings (SSSR count). The number of anilines is 1. The number of hydrogen-bond acceptors (Lipinski definition) is 6. The summed E-state index contributed by atoms with van der Waals surface area (Å²) in [5, 5.41) is 7.78. The molecule has 0 aliphatic rings. The van der Waals surface area contributed by atoms with Gasteiger partial charge in [0.2, 0.25) is 15.9 Å². The van der Waals surface area contributed by atoms with Crippen LogP contribution in [0.4, 0.5) is 5.69 Å². The smallest absolute Gasteiger partial charge is 0.234 e. The average Bonchev–Trinajstić information content (AvgIpc) is 2.96. The first-order chi connectivity index (χ1) is 11.9. The molecule has 0 spiro atoms. The molecule has 0 aliphatic carbocycles. The molecule has 0 saturated heterocycles. The van der Waals surface area contributed by atoms with Crippen molar-refractivity contribution in [1.29, 1.82) is 0 Å². The van der Waals surface area contributed by atoms with Crippen molar-refractivity contribution in [3.05, 3.63) is 54.1 Å². The quantitative estimate of drug-likeness (QED) is 0.627. The van der Waals surface area contributed by atoms with Gasteiger partial charge in [-0.2, -0.15) is 0 Å². The van der Waals surface area contributed by atoms with E-state index in [9.17, 15) is 13.2 Å². The number of carbonyl (C=O) groups excluding carboxylic acids is 1. The monoisotopic (exact) mass is 393 g/mol. The van der Waals surface area contributed by atoms with Crippen LogP contribution in [0.25, 0.3) is 10.2 Å². The summed E-state index contributed by atoms with van der Waals surface area (Å²) in [5.74, 6) is -0.128. The van der Waals surface area contributed by atoms with E-state index in [0.29, 0.717) is 11.3 Å². The van der Waals surface area contributed by atoms with Gasteiger partial charge in [-0.05, 0) is 29.8 Å². The third-order valence-corrected chi connectivity index (χ3v) is 6.12. The molecule has 25 heavy (non-hydrogen) atoms. The van der Waals surface area contributed by atoms with Gasteiger partial charge in [-0.25, -0.2) is 18.5 Å². The largest absolute Gasteiger partial charge is 0.325 e. The summed E-state index contributed by atoms with van der Waals surface area (Å²) in [6, 6.07) is 14.4. The topological polar surface area (TPSA) is 102 Å². The Hall–Kier alpha value is -1.94. The Kier molecular flexibility index (Phi) is 5.38. The summed E-state index contributed by atoms with van der Waals surface area (Å²) >= 11 is 2.94. The van der Waals surface area contributed by atoms with Crippen LogP contribution in [0.15, 0.2) is 52.9 Å². The standard InChI is InChI=1S/C16H15N3O3S3/c17-25(21,22)10-11-5-7-12(8-6-11)18-15(20)9-23-16-19-13-3-1-2-4-14(13)24-16/h1-8H,9-10H2,(H,18,20)(H2,17,21,22). The number of carbonyl (C=O) groups is 1. The van der Waals surface area contributed by atoms with Crippen LogP contribution in [0, 0.1) is 0 Å². The number of nitrogens with two attached hydrogens (primary N) is 1. The summed E-state index contributed by atoms with van der Waals surface area (Å²) in [5.41, 5.74) is 2.11. The van der Waals surface area contributed by atoms with Crippen LogP contribution in [0.5, 0.6) is 0 Å². The summed E-state index contributed by atoms with van der Waals surface area (Å²) < 4.78 is 24.0. The first kappa shape index (κ1) is 17.9. The highest BCUT2D eigenvalue weighted by Gasteiger charge is 2.09. The molecular formula is C16H15N3O3S3. The molecule has 1 heterocycles. The van der Waals surface area contributed by atoms with Crippen LogP contribution in [-0.2, 0) is 20.6 Å². The van der Waals surface area contributed by atoms with Gasteiger partial charge in [0, 0.05) is 5.69 Å². The van der Waals surface area contributed by atoms with E-state index in [1.54, 1.807) is 35.6 Å². The van der Waals surface area contributed by atoms with Crippen molar-refractivity contribution in [2.45, 2.75) is 10.1 Å². The number of amides is 1. The molecular weight excluding hydrogens is 378 g/mol. The first-order valence-electron chi connectivity index (χ1n) is 7.27. The van der Waals surface area contributed by atoms with Crippen LogP contribution in [0.2, 0.25) is 0 Å². The Morgan fingerprint density at radius 1 is 1.16 bits per heavy atom. The van der Waals surface area contributed by atoms with Crippen molar-refractivity contribution in [3.63, 3.8) is 0 Å². The molecule has 9 heteroatoms. The lowest BCUT2D eigenvalue weighted by Crippen LogP contribution is -2.15. The number of nitrogens with zero attached hydrogens (tertiary/aromatic N) is 1. The number of fused-ring (bicyclic) bond motifs is 1. The highest BCUT2D eigenvalue weighted by molar-refractivity contribution is 8.01. The summed E-state index contributed by atoms with van der Waals surface area (Å²) in [4.78, 5) is 16.5. The van der Waals surface area contributed by atoms with E-state index in [1.165, 1.54) is 11.8 Å². The Labute approximate surface area is 153 Å². The predicted molar refractivity (Wildman–Crippen MR) is 102 cm³/mol. The van der Waals surface area contributed by atoms with Crippen molar-refractivity contribution >= 4 is 54.9 Å². The minimum Gasteiger partial charge on any atom is -0.325 e. The van der Waals surface area contributed by atoms with Crippen molar-refractivity contribution in [3.8, 4) is 0 Å². The van der Waals surface area contributed by atoms with Crippen LogP contribution in [-0.4, -0.2) is 25.1 Å². The normalized spacial score (nSPS) is 11.6. The zero-order valence-corrected chi connectivity index (χ0v) is 15.5. The van der Waals surface area contributed by atoms with Crippen molar-refractivity contribution in [1.82, 2.24) is 4.98 Å². The van der Waals surface area contributed by atoms with E-state index in [1.807, 2.05) is 24.3 Å². The molecule has 1 amide bonds. The van der Waals surface area contributed by atoms with Crippen molar-refractivity contribution in [2.75, 3.05) is 11.1 Å². The minimum absolute atomic E-state index is 0.150. The maximum atomic E-state index is 12.0. The summed E-state index contributed by atoms with van der Waals surface area (Å²) in [7, 11) is -3.56. The summed E-state index contributed by atoms with van der Waals surface area (Å²) in [6.07, 6.45) is 0. The second kappa shape index (κ2) is 7.52. The molecule has 130 valence electrons. The lowest BCUT2D eigenvalue weighted by Gasteiger charge is -2.05. The maximum absolute atomic E-state index is 12.0. The van der Waals surface area contributed by atoms with Gasteiger partial charge < -0.3 is 5.32 Å². The Morgan fingerprint density at radius 2 is 1.88 bits per heavy atom. The number of sulfonamides is 1. The van der Waals surface area contributed by atoms with Gasteiger partial charge in [-0.3, -0.25) is 4.79 Å². The predicted octanol–water partition coefficient (Wildman–Crippen LogP) is 2.82. The highest BCUT2D eigenvalue weighted by atomic mass is 32.2. The molecule has 3 N–H and O–H groups in total. The first-order valence-corrected chi connectivity index (χ1v) is 10.8. The number of hydrogen-bond donors (Lipinski definition) is 2. The Morgan fingerprint density at radius 3 is 2.56 bits per heavy atom. The fourth-order valence-electron chi connectivity index (χ4n) is 2.15. The van der Waals surface area contributed by atoms with Gasteiger partial charge in [0.1, 0.15) is 0 Å². The fraction of sp³-hybridized carbons (Fsp3) is 0.125. The SMILES string of the molecule is NS(=O)(=O)Cc1ccc(NC(=O)CSc2nc3ccccc3s2)cc1. The van der Waals surface area contributed by atoms with Gasteiger partial charge in [0.15, 0.2) is 4.34 Å². The van der Waals surface area contributed by atoms with E-state index >= 15 is 0 Å². The van der Waals surface area contributed by atoms with Crippen LogP contribution < -0.4 is 10.5 Å². The second-order valence-corrected chi connectivity index (χ2v) is 9.16. The van der Waals surface area contributed by atoms with Crippen LogP contribution in [0.3, 0.4) is 0 Å². The minimum atomic E-state index is -3.56. The fourth-order valence-corrected chi connectivity index (χ4v) is 4.68. The molecule has 3 aromatic rings. The van der Waals surface area contributed by atoms with Crippen molar-refractivity contribution in [2.24, 2.45) is 5.14 Å². The van der Waals surface area contributed by atoms with E-state index in [-0.39, 0.29) is 17.4 Å². The molecule has 0 radical (unpaired) electrons. The van der Waals surface area contributed by atoms with E-state index in [2.05, 4.69) is 10.3 Å². The second-order valence-electron chi connectivity index (χ2n) is 5.29. The molecule has 0 saturated carbocycles. The van der Waals surface area contributed by atoms with Crippen LogP contribution in [0.1, 0.15) is 5.56 Å². The zero-order valence-electron chi connectivity index (χ0n) is 13.0. The maximum Gasteiger partial charge on any atom is 0.234 e. The van der Waals surface area contributed by atoms with Crippen molar-refractivity contribution < 1.29 is 13.2 Å². The Bertz CT molecular complexity index is 965. The number of aromatic nitrogens is 1. The number of rotatable bonds is 6. The number of thioether (sulfide) groups is 1. The molecule has 0 atom stereocenters. The van der Waals surface area contributed by atoms with E-state index in [4.69, 9.17) is 5.14 Å². The number of primary sulfonamides is 1. The number of thiazole rings is 1. The zero-order chi connectivity index (χ0) is 17.9. The van der Waals surface area contributed by atoms with Gasteiger partial charge >= 0.3 is 0 Å².